The summed E-state index contributed by atoms with van der Waals surface area (Å²) in [4.78, 5) is 47.4. The number of hydrogen-bond acceptors (Lipinski definition) is 8. The molecule has 2 aliphatic rings. The molecule has 1 saturated carbocycles. The fraction of sp³-hybridized carbons (Fsp3) is 0.488. The predicted molar refractivity (Wildman–Crippen MR) is 211 cm³/mol. The van der Waals surface area contributed by atoms with Crippen LogP contribution in [0.25, 0.3) is 11.0 Å². The van der Waals surface area contributed by atoms with Crippen molar-refractivity contribution in [2.75, 3.05) is 26.2 Å². The average Bonchev–Trinajstić information content (AvgIpc) is 3.91. The second-order valence-electron chi connectivity index (χ2n) is 15.1. The third-order valence-electron chi connectivity index (χ3n) is 11.4. The normalized spacial score (nSPS) is 17.5. The van der Waals surface area contributed by atoms with Crippen LogP contribution in [0.15, 0.2) is 88.9 Å². The molecule has 2 N–H and O–H groups in total. The molecule has 3 amide bonds. The highest BCUT2D eigenvalue weighted by Crippen LogP contribution is 2.29. The Balaban J connectivity index is 1.24. The molecular weight excluding hydrogens is 719 g/mol. The summed E-state index contributed by atoms with van der Waals surface area (Å²) < 4.78 is 31.7. The van der Waals surface area contributed by atoms with Gasteiger partial charge in [-0.3, -0.25) is 4.79 Å². The van der Waals surface area contributed by atoms with Gasteiger partial charge in [-0.2, -0.15) is 9.21 Å². The number of aryl methyl sites for hydroxylation is 1. The Bertz CT molecular complexity index is 2030. The van der Waals surface area contributed by atoms with Gasteiger partial charge in [-0.15, -0.1) is 0 Å². The fourth-order valence-corrected chi connectivity index (χ4v) is 9.48. The van der Waals surface area contributed by atoms with Crippen molar-refractivity contribution >= 4 is 33.0 Å². The summed E-state index contributed by atoms with van der Waals surface area (Å²) in [5, 5.41) is 18.0. The van der Waals surface area contributed by atoms with Crippen LogP contribution >= 0.6 is 0 Å². The molecule has 1 saturated heterocycles. The molecule has 3 aromatic carbocycles. The minimum Gasteiger partial charge on any atom is -0.390 e. The monoisotopic (exact) mass is 771 g/mol. The Hall–Kier alpha value is -4.66. The number of rotatable bonds is 18. The number of sulfonamides is 1. The minimum atomic E-state index is -4.06. The van der Waals surface area contributed by atoms with Crippen molar-refractivity contribution in [3.63, 3.8) is 0 Å². The van der Waals surface area contributed by atoms with E-state index in [4.69, 9.17) is 4.98 Å². The van der Waals surface area contributed by atoms with Crippen LogP contribution in [-0.4, -0.2) is 93.5 Å². The summed E-state index contributed by atoms with van der Waals surface area (Å²) >= 11 is 0. The van der Waals surface area contributed by atoms with Gasteiger partial charge in [0.05, 0.1) is 34.6 Å². The molecule has 55 heavy (non-hydrogen) atoms. The number of fused-ring (bicyclic) bond motifs is 1. The van der Waals surface area contributed by atoms with E-state index in [1.165, 1.54) is 16.4 Å². The second-order valence-corrected chi connectivity index (χ2v) is 17.0. The fourth-order valence-electron chi connectivity index (χ4n) is 7.94. The number of carbonyl (C=O) groups excluding carboxylic acids is 2. The number of aromatic nitrogens is 2. The number of nitrogens with zero attached hydrogens (tertiary/aromatic N) is 6. The van der Waals surface area contributed by atoms with Crippen molar-refractivity contribution in [2.45, 2.75) is 88.5 Å². The number of imidazole rings is 1. The summed E-state index contributed by atoms with van der Waals surface area (Å²) in [7, 11) is -2.13. The molecule has 1 aliphatic carbocycles. The molecule has 0 unspecified atom stereocenters. The number of benzene rings is 3. The van der Waals surface area contributed by atoms with Gasteiger partial charge in [0.25, 0.3) is 0 Å². The van der Waals surface area contributed by atoms with Gasteiger partial charge in [0, 0.05) is 33.2 Å². The van der Waals surface area contributed by atoms with Crippen LogP contribution in [0.2, 0.25) is 0 Å². The molecule has 294 valence electrons. The quantitative estimate of drug-likeness (QED) is 0.127. The number of hydrogen-bond donors (Lipinski definition) is 2. The standard InChI is InChI=1S/C41H53N7O6S/c1-4-29(2)39(48-23-22-46(41(48)51)28-38-43-34-16-10-11-17-36(34)45(38)3)40(50)44-35(24-30-12-6-5-7-13-30)37(49)27-47(26-32-14-8-9-15-32)55(53,54)33-20-18-31(19-21-33)25-42-52/h5-7,10-13,16-21,29,32,35,37,39,49H,4,8-9,14-15,22-28H2,1-3H3,(H,44,50)/t29-,35-,37-,39-/m0/s1. The van der Waals surface area contributed by atoms with Crippen LogP contribution in [0.4, 0.5) is 4.79 Å². The first kappa shape index (κ1) is 40.0. The smallest absolute Gasteiger partial charge is 0.321 e. The minimum absolute atomic E-state index is 0.0589. The van der Waals surface area contributed by atoms with E-state index >= 15 is 0 Å². The van der Waals surface area contributed by atoms with E-state index in [9.17, 15) is 28.0 Å². The van der Waals surface area contributed by atoms with Crippen LogP contribution in [0.1, 0.15) is 62.9 Å². The molecule has 4 atom stereocenters. The maximum absolute atomic E-state index is 14.5. The van der Waals surface area contributed by atoms with Crippen molar-refractivity contribution in [1.29, 1.82) is 0 Å². The lowest BCUT2D eigenvalue weighted by atomic mass is 9.95. The van der Waals surface area contributed by atoms with Crippen LogP contribution in [0.5, 0.6) is 0 Å². The highest BCUT2D eigenvalue weighted by atomic mass is 32.2. The highest BCUT2D eigenvalue weighted by molar-refractivity contribution is 7.89. The maximum Gasteiger partial charge on any atom is 0.321 e. The zero-order chi connectivity index (χ0) is 39.1. The molecule has 4 aromatic rings. The Labute approximate surface area is 323 Å². The van der Waals surface area contributed by atoms with E-state index in [1.807, 2.05) is 80.1 Å². The number of nitrogens with one attached hydrogen (secondary N) is 1. The van der Waals surface area contributed by atoms with Crippen molar-refractivity contribution < 1.29 is 23.1 Å². The number of para-hydroxylation sites is 2. The molecule has 2 fully saturated rings. The van der Waals surface area contributed by atoms with E-state index in [1.54, 1.807) is 21.9 Å². The highest BCUT2D eigenvalue weighted by Gasteiger charge is 2.41. The van der Waals surface area contributed by atoms with Crippen LogP contribution < -0.4 is 5.32 Å². The van der Waals surface area contributed by atoms with E-state index in [2.05, 4.69) is 10.5 Å². The molecule has 13 nitrogen and oxygen atoms in total. The Kier molecular flexibility index (Phi) is 13.0. The lowest BCUT2D eigenvalue weighted by molar-refractivity contribution is -0.128. The summed E-state index contributed by atoms with van der Waals surface area (Å²) in [6.07, 6.45) is 3.42. The lowest BCUT2D eigenvalue weighted by Crippen LogP contribution is -2.57. The zero-order valence-electron chi connectivity index (χ0n) is 32.0. The summed E-state index contributed by atoms with van der Waals surface area (Å²) in [6, 6.07) is 21.4. The molecule has 0 bridgehead atoms. The SMILES string of the molecule is CC[C@H](C)[C@@H](C(=O)N[C@@H](Cc1ccccc1)[C@@H](O)CN(CC1CCCC1)S(=O)(=O)c1ccc(CN=O)cc1)N1CCN(Cc2nc3ccccc3n2C)C1=O. The maximum atomic E-state index is 14.5. The lowest BCUT2D eigenvalue weighted by Gasteiger charge is -2.35. The number of carbonyl (C=O) groups is 2. The Morgan fingerprint density at radius 3 is 2.36 bits per heavy atom. The molecule has 14 heteroatoms. The average molecular weight is 772 g/mol. The summed E-state index contributed by atoms with van der Waals surface area (Å²) in [5.74, 6) is 0.298. The van der Waals surface area contributed by atoms with Crippen LogP contribution in [0, 0.1) is 16.7 Å². The Morgan fingerprint density at radius 2 is 1.69 bits per heavy atom. The Morgan fingerprint density at radius 1 is 1.00 bits per heavy atom. The van der Waals surface area contributed by atoms with Crippen molar-refractivity contribution in [3.8, 4) is 0 Å². The van der Waals surface area contributed by atoms with E-state index < -0.39 is 34.1 Å². The predicted octanol–water partition coefficient (Wildman–Crippen LogP) is 5.46. The van der Waals surface area contributed by atoms with Gasteiger partial charge in [0.2, 0.25) is 15.9 Å². The summed E-state index contributed by atoms with van der Waals surface area (Å²) in [6.45, 7) is 4.94. The number of aliphatic hydroxyl groups excluding tert-OH is 1. The molecule has 0 radical (unpaired) electrons. The van der Waals surface area contributed by atoms with Gasteiger partial charge in [-0.25, -0.2) is 18.2 Å². The number of aliphatic hydroxyl groups is 1. The third kappa shape index (κ3) is 9.25. The van der Waals surface area contributed by atoms with E-state index in [-0.39, 0.29) is 48.8 Å². The van der Waals surface area contributed by atoms with Gasteiger partial charge in [0.1, 0.15) is 18.4 Å². The third-order valence-corrected chi connectivity index (χ3v) is 13.2. The van der Waals surface area contributed by atoms with Crippen LogP contribution in [0.3, 0.4) is 0 Å². The number of nitroso groups, excluding NO2 is 1. The van der Waals surface area contributed by atoms with Gasteiger partial charge >= 0.3 is 6.03 Å². The molecule has 0 spiro atoms. The first-order valence-electron chi connectivity index (χ1n) is 19.4. The van der Waals surface area contributed by atoms with Crippen LogP contribution in [-0.2, 0) is 41.4 Å². The van der Waals surface area contributed by atoms with Gasteiger partial charge in [0.15, 0.2) is 0 Å². The first-order chi connectivity index (χ1) is 26.5. The molecule has 1 aromatic heterocycles. The van der Waals surface area contributed by atoms with E-state index in [0.29, 0.717) is 31.6 Å². The second kappa shape index (κ2) is 17.9. The topological polar surface area (TPSA) is 158 Å². The van der Waals surface area contributed by atoms with E-state index in [0.717, 1.165) is 48.1 Å². The van der Waals surface area contributed by atoms with Crippen molar-refractivity contribution in [3.05, 3.63) is 101 Å². The molecule has 6 rings (SSSR count). The van der Waals surface area contributed by atoms with Gasteiger partial charge < -0.3 is 24.8 Å². The first-order valence-corrected chi connectivity index (χ1v) is 20.8. The van der Waals surface area contributed by atoms with Crippen molar-refractivity contribution in [1.82, 2.24) is 29.0 Å². The van der Waals surface area contributed by atoms with Gasteiger partial charge in [-0.05, 0) is 66.5 Å². The number of urea groups is 1. The zero-order valence-corrected chi connectivity index (χ0v) is 32.8. The number of amides is 3. The molecular formula is C41H53N7O6S. The molecule has 1 aliphatic heterocycles. The van der Waals surface area contributed by atoms with Gasteiger partial charge in [-0.1, -0.05) is 92.9 Å². The summed E-state index contributed by atoms with van der Waals surface area (Å²) in [5.41, 5.74) is 3.29. The van der Waals surface area contributed by atoms with Crippen molar-refractivity contribution in [2.24, 2.45) is 24.1 Å². The largest absolute Gasteiger partial charge is 0.390 e. The molecule has 2 heterocycles.